The third-order valence-corrected chi connectivity index (χ3v) is 2.15. The van der Waals surface area contributed by atoms with Crippen molar-refractivity contribution in [1.29, 1.82) is 5.26 Å². The van der Waals surface area contributed by atoms with E-state index in [9.17, 15) is 9.36 Å². The number of carbonyl (C=O) groups is 1. The standard InChI is InChI=1S/C10H8NO6P/c11-6-8(10(13)17-18(14,15)16)5-7-1-3-9(12)4-2-7/h1-5,12H,(H2,14,15,16)/b8-5+. The summed E-state index contributed by atoms with van der Waals surface area (Å²) in [5.41, 5.74) is -0.170. The molecule has 0 aliphatic carbocycles. The largest absolute Gasteiger partial charge is 0.527 e. The van der Waals surface area contributed by atoms with Gasteiger partial charge in [-0.3, -0.25) is 9.79 Å². The molecule has 3 N–H and O–H groups in total. The van der Waals surface area contributed by atoms with Crippen LogP contribution in [0.3, 0.4) is 0 Å². The third kappa shape index (κ3) is 4.39. The Balaban J connectivity index is 2.97. The van der Waals surface area contributed by atoms with Crippen LogP contribution in [-0.2, 0) is 13.9 Å². The van der Waals surface area contributed by atoms with Crippen LogP contribution in [0.2, 0.25) is 0 Å². The summed E-state index contributed by atoms with van der Waals surface area (Å²) >= 11 is 0. The number of nitrogens with zero attached hydrogens (tertiary/aromatic N) is 1. The number of nitriles is 1. The second kappa shape index (κ2) is 5.47. The molecule has 94 valence electrons. The van der Waals surface area contributed by atoms with Crippen molar-refractivity contribution in [3.63, 3.8) is 0 Å². The van der Waals surface area contributed by atoms with E-state index in [-0.39, 0.29) is 5.75 Å². The Bertz CT molecular complexity index is 565. The van der Waals surface area contributed by atoms with E-state index in [1.165, 1.54) is 30.3 Å². The molecule has 0 radical (unpaired) electrons. The van der Waals surface area contributed by atoms with E-state index in [0.717, 1.165) is 6.08 Å². The van der Waals surface area contributed by atoms with E-state index < -0.39 is 19.4 Å². The molecule has 0 aromatic heterocycles. The lowest BCUT2D eigenvalue weighted by atomic mass is 10.1. The van der Waals surface area contributed by atoms with Gasteiger partial charge < -0.3 is 9.63 Å². The van der Waals surface area contributed by atoms with Gasteiger partial charge in [0.1, 0.15) is 17.4 Å². The van der Waals surface area contributed by atoms with E-state index >= 15 is 0 Å². The molecule has 0 aliphatic rings. The fourth-order valence-corrected chi connectivity index (χ4v) is 1.35. The quantitative estimate of drug-likeness (QED) is 0.423. The van der Waals surface area contributed by atoms with Gasteiger partial charge in [0.05, 0.1) is 0 Å². The molecule has 0 spiro atoms. The molecule has 0 heterocycles. The molecule has 1 aromatic rings. The fourth-order valence-electron chi connectivity index (χ4n) is 1.03. The van der Waals surface area contributed by atoms with E-state index in [2.05, 4.69) is 4.52 Å². The highest BCUT2D eigenvalue weighted by Gasteiger charge is 2.23. The topological polar surface area (TPSA) is 128 Å². The number of phenolic OH excluding ortho intramolecular Hbond substituents is 1. The molecule has 1 rings (SSSR count). The first-order valence-corrected chi connectivity index (χ1v) is 6.05. The van der Waals surface area contributed by atoms with Gasteiger partial charge in [-0.15, -0.1) is 0 Å². The normalized spacial score (nSPS) is 11.7. The molecule has 0 atom stereocenters. The number of rotatable bonds is 3. The first-order valence-electron chi connectivity index (χ1n) is 4.52. The van der Waals surface area contributed by atoms with Crippen LogP contribution in [-0.4, -0.2) is 20.9 Å². The third-order valence-electron chi connectivity index (χ3n) is 1.75. The highest BCUT2D eigenvalue weighted by Crippen LogP contribution is 2.36. The van der Waals surface area contributed by atoms with Crippen molar-refractivity contribution in [1.82, 2.24) is 0 Å². The van der Waals surface area contributed by atoms with Gasteiger partial charge in [0.25, 0.3) is 0 Å². The van der Waals surface area contributed by atoms with Crippen molar-refractivity contribution in [2.24, 2.45) is 0 Å². The molecule has 0 unspecified atom stereocenters. The summed E-state index contributed by atoms with van der Waals surface area (Å²) in [6, 6.07) is 6.95. The Hall–Kier alpha value is -2.13. The van der Waals surface area contributed by atoms with Crippen LogP contribution in [0.5, 0.6) is 5.75 Å². The maximum Gasteiger partial charge on any atom is 0.527 e. The number of benzene rings is 1. The molecular formula is C10H8NO6P. The van der Waals surface area contributed by atoms with Crippen molar-refractivity contribution in [3.05, 3.63) is 35.4 Å². The van der Waals surface area contributed by atoms with E-state index in [0.29, 0.717) is 5.56 Å². The second-order valence-electron chi connectivity index (χ2n) is 3.13. The summed E-state index contributed by atoms with van der Waals surface area (Å²) in [6.07, 6.45) is 1.08. The van der Waals surface area contributed by atoms with Crippen LogP contribution in [0, 0.1) is 11.3 Å². The Kier molecular flexibility index (Phi) is 4.23. The molecular weight excluding hydrogens is 261 g/mol. The number of aromatic hydroxyl groups is 1. The Labute approximate surface area is 102 Å². The van der Waals surface area contributed by atoms with Crippen LogP contribution in [0.4, 0.5) is 0 Å². The lowest BCUT2D eigenvalue weighted by molar-refractivity contribution is -0.130. The van der Waals surface area contributed by atoms with Crippen LogP contribution in [0.15, 0.2) is 29.8 Å². The zero-order valence-electron chi connectivity index (χ0n) is 8.85. The van der Waals surface area contributed by atoms with Gasteiger partial charge in [0, 0.05) is 0 Å². The number of phosphoric acid groups is 1. The number of phenols is 1. The van der Waals surface area contributed by atoms with Crippen molar-refractivity contribution in [2.75, 3.05) is 0 Å². The van der Waals surface area contributed by atoms with E-state index in [1.807, 2.05) is 0 Å². The van der Waals surface area contributed by atoms with Gasteiger partial charge in [0.15, 0.2) is 0 Å². The summed E-state index contributed by atoms with van der Waals surface area (Å²) in [4.78, 5) is 28.1. The van der Waals surface area contributed by atoms with Crippen LogP contribution >= 0.6 is 7.82 Å². The first kappa shape index (κ1) is 13.9. The highest BCUT2D eigenvalue weighted by atomic mass is 31.2. The van der Waals surface area contributed by atoms with Gasteiger partial charge in [-0.25, -0.2) is 9.36 Å². The Morgan fingerprint density at radius 2 is 1.89 bits per heavy atom. The van der Waals surface area contributed by atoms with Gasteiger partial charge in [-0.2, -0.15) is 5.26 Å². The second-order valence-corrected chi connectivity index (χ2v) is 4.29. The lowest BCUT2D eigenvalue weighted by Gasteiger charge is -2.03. The van der Waals surface area contributed by atoms with Crippen molar-refractivity contribution in [3.8, 4) is 11.8 Å². The molecule has 7 nitrogen and oxygen atoms in total. The zero-order valence-corrected chi connectivity index (χ0v) is 9.74. The Morgan fingerprint density at radius 1 is 1.33 bits per heavy atom. The smallest absolute Gasteiger partial charge is 0.508 e. The molecule has 0 bridgehead atoms. The summed E-state index contributed by atoms with van der Waals surface area (Å²) < 4.78 is 14.2. The van der Waals surface area contributed by atoms with Gasteiger partial charge in [-0.1, -0.05) is 12.1 Å². The molecule has 0 aliphatic heterocycles. The maximum atomic E-state index is 11.2. The molecule has 0 amide bonds. The summed E-state index contributed by atoms with van der Waals surface area (Å²) in [6.45, 7) is 0. The number of carbonyl (C=O) groups excluding carboxylic acids is 1. The molecule has 18 heavy (non-hydrogen) atoms. The molecule has 0 saturated heterocycles. The van der Waals surface area contributed by atoms with Gasteiger partial charge in [0.2, 0.25) is 0 Å². The summed E-state index contributed by atoms with van der Waals surface area (Å²) in [5, 5.41) is 17.7. The maximum absolute atomic E-state index is 11.2. The molecule has 0 saturated carbocycles. The van der Waals surface area contributed by atoms with Crippen LogP contribution in [0.1, 0.15) is 5.56 Å². The van der Waals surface area contributed by atoms with Gasteiger partial charge >= 0.3 is 13.8 Å². The molecule has 1 aromatic carbocycles. The minimum absolute atomic E-state index is 0.00320. The monoisotopic (exact) mass is 269 g/mol. The minimum Gasteiger partial charge on any atom is -0.508 e. The van der Waals surface area contributed by atoms with Crippen molar-refractivity contribution >= 4 is 19.9 Å². The zero-order chi connectivity index (χ0) is 13.8. The average molecular weight is 269 g/mol. The number of phosphoric ester groups is 1. The highest BCUT2D eigenvalue weighted by molar-refractivity contribution is 7.46. The number of hydrogen-bond donors (Lipinski definition) is 3. The average Bonchev–Trinajstić information content (AvgIpc) is 2.25. The molecule has 8 heteroatoms. The predicted octanol–water partition coefficient (Wildman–Crippen LogP) is 0.935. The minimum atomic E-state index is -4.98. The lowest BCUT2D eigenvalue weighted by Crippen LogP contribution is -2.04. The van der Waals surface area contributed by atoms with Crippen LogP contribution < -0.4 is 0 Å². The van der Waals surface area contributed by atoms with Gasteiger partial charge in [-0.05, 0) is 23.8 Å². The predicted molar refractivity (Wildman–Crippen MR) is 59.8 cm³/mol. The summed E-state index contributed by atoms with van der Waals surface area (Å²) in [7, 11) is -4.98. The number of hydrogen-bond acceptors (Lipinski definition) is 5. The van der Waals surface area contributed by atoms with Crippen molar-refractivity contribution in [2.45, 2.75) is 0 Å². The van der Waals surface area contributed by atoms with E-state index in [1.54, 1.807) is 0 Å². The fraction of sp³-hybridized carbons (Fsp3) is 0. The Morgan fingerprint density at radius 3 is 2.33 bits per heavy atom. The summed E-state index contributed by atoms with van der Waals surface area (Å²) in [5.74, 6) is -1.41. The van der Waals surface area contributed by atoms with E-state index in [4.69, 9.17) is 20.2 Å². The van der Waals surface area contributed by atoms with Crippen LogP contribution in [0.25, 0.3) is 6.08 Å². The SMILES string of the molecule is N#C/C(=C\c1ccc(O)cc1)C(=O)OP(=O)(O)O. The molecule has 0 fully saturated rings. The first-order chi connectivity index (χ1) is 8.31. The van der Waals surface area contributed by atoms with Crippen molar-refractivity contribution < 1.29 is 28.8 Å².